The van der Waals surface area contributed by atoms with Gasteiger partial charge in [0.1, 0.15) is 11.0 Å². The van der Waals surface area contributed by atoms with Crippen LogP contribution in [-0.2, 0) is 20.0 Å². The fraction of sp³-hybridized carbons (Fsp3) is 0.308. The molecule has 0 aliphatic heterocycles. The molecule has 17 heavy (non-hydrogen) atoms. The SMILES string of the molecule is CCc1ccccc1NCc1ncc(Cl)n1C. The van der Waals surface area contributed by atoms with E-state index in [4.69, 9.17) is 11.6 Å². The van der Waals surface area contributed by atoms with E-state index in [1.165, 1.54) is 5.56 Å². The Morgan fingerprint density at radius 3 is 2.76 bits per heavy atom. The molecule has 0 atom stereocenters. The van der Waals surface area contributed by atoms with E-state index < -0.39 is 0 Å². The largest absolute Gasteiger partial charge is 0.378 e. The molecule has 2 rings (SSSR count). The Morgan fingerprint density at radius 2 is 2.12 bits per heavy atom. The maximum atomic E-state index is 5.94. The molecule has 1 N–H and O–H groups in total. The summed E-state index contributed by atoms with van der Waals surface area (Å²) in [6, 6.07) is 8.31. The molecule has 0 fully saturated rings. The van der Waals surface area contributed by atoms with Gasteiger partial charge in [-0.25, -0.2) is 4.98 Å². The van der Waals surface area contributed by atoms with Gasteiger partial charge < -0.3 is 9.88 Å². The Labute approximate surface area is 106 Å². The number of hydrogen-bond donors (Lipinski definition) is 1. The van der Waals surface area contributed by atoms with Crippen LogP contribution in [0.5, 0.6) is 0 Å². The summed E-state index contributed by atoms with van der Waals surface area (Å²) < 4.78 is 1.88. The number of aromatic nitrogens is 2. The van der Waals surface area contributed by atoms with Crippen molar-refractivity contribution in [2.24, 2.45) is 7.05 Å². The topological polar surface area (TPSA) is 29.9 Å². The molecule has 0 saturated heterocycles. The quantitative estimate of drug-likeness (QED) is 0.902. The lowest BCUT2D eigenvalue weighted by Crippen LogP contribution is -2.07. The lowest BCUT2D eigenvalue weighted by molar-refractivity contribution is 0.812. The molecule has 1 aromatic carbocycles. The van der Waals surface area contributed by atoms with Gasteiger partial charge in [-0.1, -0.05) is 36.7 Å². The van der Waals surface area contributed by atoms with Crippen LogP contribution in [0.2, 0.25) is 5.15 Å². The summed E-state index contributed by atoms with van der Waals surface area (Å²) >= 11 is 5.94. The third-order valence-corrected chi connectivity index (χ3v) is 3.21. The Hall–Kier alpha value is -1.48. The minimum Gasteiger partial charge on any atom is -0.378 e. The highest BCUT2D eigenvalue weighted by molar-refractivity contribution is 6.29. The molecule has 4 heteroatoms. The van der Waals surface area contributed by atoms with Crippen LogP contribution in [0.25, 0.3) is 0 Å². The first-order valence-electron chi connectivity index (χ1n) is 5.70. The van der Waals surface area contributed by atoms with Crippen LogP contribution < -0.4 is 5.32 Å². The van der Waals surface area contributed by atoms with Crippen LogP contribution in [0.4, 0.5) is 5.69 Å². The van der Waals surface area contributed by atoms with Crippen molar-refractivity contribution >= 4 is 17.3 Å². The van der Waals surface area contributed by atoms with Crippen LogP contribution in [0.1, 0.15) is 18.3 Å². The van der Waals surface area contributed by atoms with Gasteiger partial charge in [0, 0.05) is 12.7 Å². The molecule has 1 heterocycles. The van der Waals surface area contributed by atoms with E-state index in [9.17, 15) is 0 Å². The highest BCUT2D eigenvalue weighted by Gasteiger charge is 2.05. The van der Waals surface area contributed by atoms with Crippen LogP contribution >= 0.6 is 11.6 Å². The number of aryl methyl sites for hydroxylation is 1. The Bertz CT molecular complexity index is 505. The van der Waals surface area contributed by atoms with Gasteiger partial charge in [0.05, 0.1) is 12.7 Å². The second kappa shape index (κ2) is 5.23. The zero-order valence-corrected chi connectivity index (χ0v) is 10.8. The van der Waals surface area contributed by atoms with Crippen LogP contribution in [-0.4, -0.2) is 9.55 Å². The van der Waals surface area contributed by atoms with E-state index >= 15 is 0 Å². The normalized spacial score (nSPS) is 10.5. The van der Waals surface area contributed by atoms with Crippen molar-refractivity contribution in [2.45, 2.75) is 19.9 Å². The van der Waals surface area contributed by atoms with Gasteiger partial charge in [-0.05, 0) is 18.1 Å². The number of anilines is 1. The standard InChI is InChI=1S/C13H16ClN3/c1-3-10-6-4-5-7-11(10)15-9-13-16-8-12(14)17(13)2/h4-8,15H,3,9H2,1-2H3. The van der Waals surface area contributed by atoms with Crippen molar-refractivity contribution in [1.82, 2.24) is 9.55 Å². The third-order valence-electron chi connectivity index (χ3n) is 2.86. The molecule has 0 bridgehead atoms. The summed E-state index contributed by atoms with van der Waals surface area (Å²) in [5, 5.41) is 4.05. The van der Waals surface area contributed by atoms with Crippen molar-refractivity contribution in [3.05, 3.63) is 47.0 Å². The van der Waals surface area contributed by atoms with E-state index in [0.29, 0.717) is 11.7 Å². The molecule has 90 valence electrons. The molecule has 0 spiro atoms. The third kappa shape index (κ3) is 2.61. The molecule has 0 aliphatic carbocycles. The van der Waals surface area contributed by atoms with Gasteiger partial charge >= 0.3 is 0 Å². The maximum Gasteiger partial charge on any atom is 0.128 e. The maximum absolute atomic E-state index is 5.94. The second-order valence-corrected chi connectivity index (χ2v) is 4.31. The number of hydrogen-bond acceptors (Lipinski definition) is 2. The molecule has 3 nitrogen and oxygen atoms in total. The van der Waals surface area contributed by atoms with Crippen LogP contribution in [0.15, 0.2) is 30.5 Å². The summed E-state index contributed by atoms with van der Waals surface area (Å²) in [6.45, 7) is 2.83. The monoisotopic (exact) mass is 249 g/mol. The van der Waals surface area contributed by atoms with E-state index in [1.54, 1.807) is 6.20 Å². The average Bonchev–Trinajstić information content (AvgIpc) is 2.68. The summed E-state index contributed by atoms with van der Waals surface area (Å²) in [4.78, 5) is 4.25. The van der Waals surface area contributed by atoms with E-state index in [0.717, 1.165) is 17.9 Å². The zero-order chi connectivity index (χ0) is 12.3. The van der Waals surface area contributed by atoms with Gasteiger partial charge in [-0.15, -0.1) is 0 Å². The summed E-state index contributed by atoms with van der Waals surface area (Å²) in [7, 11) is 1.91. The molecule has 0 amide bonds. The smallest absolute Gasteiger partial charge is 0.128 e. The van der Waals surface area contributed by atoms with Gasteiger partial charge in [0.25, 0.3) is 0 Å². The zero-order valence-electron chi connectivity index (χ0n) is 10.1. The van der Waals surface area contributed by atoms with Crippen molar-refractivity contribution in [3.63, 3.8) is 0 Å². The predicted molar refractivity (Wildman–Crippen MR) is 71.4 cm³/mol. The van der Waals surface area contributed by atoms with Crippen molar-refractivity contribution < 1.29 is 0 Å². The number of para-hydroxylation sites is 1. The molecular formula is C13H16ClN3. The first-order valence-corrected chi connectivity index (χ1v) is 6.08. The molecule has 0 unspecified atom stereocenters. The number of halogens is 1. The number of nitrogens with one attached hydrogen (secondary N) is 1. The van der Waals surface area contributed by atoms with Gasteiger partial charge in [-0.3, -0.25) is 0 Å². The number of rotatable bonds is 4. The van der Waals surface area contributed by atoms with Gasteiger partial charge in [0.2, 0.25) is 0 Å². The number of benzene rings is 1. The van der Waals surface area contributed by atoms with E-state index in [2.05, 4.69) is 35.4 Å². The lowest BCUT2D eigenvalue weighted by Gasteiger charge is -2.10. The average molecular weight is 250 g/mol. The van der Waals surface area contributed by atoms with Crippen molar-refractivity contribution in [1.29, 1.82) is 0 Å². The summed E-state index contributed by atoms with van der Waals surface area (Å²) in [6.07, 6.45) is 2.69. The van der Waals surface area contributed by atoms with Crippen molar-refractivity contribution in [2.75, 3.05) is 5.32 Å². The molecule has 2 aromatic rings. The molecule has 0 radical (unpaired) electrons. The second-order valence-electron chi connectivity index (χ2n) is 3.92. The molecule has 0 aliphatic rings. The lowest BCUT2D eigenvalue weighted by atomic mass is 10.1. The van der Waals surface area contributed by atoms with Gasteiger partial charge in [0.15, 0.2) is 0 Å². The Kier molecular flexibility index (Phi) is 3.69. The first kappa shape index (κ1) is 12.0. The van der Waals surface area contributed by atoms with Crippen molar-refractivity contribution in [3.8, 4) is 0 Å². The van der Waals surface area contributed by atoms with E-state index in [1.807, 2.05) is 17.7 Å². The molecule has 1 aromatic heterocycles. The Balaban J connectivity index is 2.10. The predicted octanol–water partition coefficient (Wildman–Crippen LogP) is 3.25. The first-order chi connectivity index (χ1) is 8.22. The molecule has 0 saturated carbocycles. The minimum absolute atomic E-state index is 0.658. The van der Waals surface area contributed by atoms with E-state index in [-0.39, 0.29) is 0 Å². The van der Waals surface area contributed by atoms with Gasteiger partial charge in [-0.2, -0.15) is 0 Å². The Morgan fingerprint density at radius 1 is 1.35 bits per heavy atom. The fourth-order valence-electron chi connectivity index (χ4n) is 1.76. The fourth-order valence-corrected chi connectivity index (χ4v) is 1.91. The van der Waals surface area contributed by atoms with Crippen LogP contribution in [0, 0.1) is 0 Å². The number of imidazole rings is 1. The highest BCUT2D eigenvalue weighted by Crippen LogP contribution is 2.17. The number of nitrogens with zero attached hydrogens (tertiary/aromatic N) is 2. The van der Waals surface area contributed by atoms with Crippen LogP contribution in [0.3, 0.4) is 0 Å². The summed E-state index contributed by atoms with van der Waals surface area (Å²) in [5.41, 5.74) is 2.47. The highest BCUT2D eigenvalue weighted by atomic mass is 35.5. The minimum atomic E-state index is 0.658. The summed E-state index contributed by atoms with van der Waals surface area (Å²) in [5.74, 6) is 0.931. The molecular weight excluding hydrogens is 234 g/mol.